The highest BCUT2D eigenvalue weighted by Gasteiger charge is 2.13. The lowest BCUT2D eigenvalue weighted by atomic mass is 10.2. The summed E-state index contributed by atoms with van der Waals surface area (Å²) in [7, 11) is 1.40. The predicted molar refractivity (Wildman–Crippen MR) is 90.3 cm³/mol. The lowest BCUT2D eigenvalue weighted by Gasteiger charge is -2.11. The summed E-state index contributed by atoms with van der Waals surface area (Å²) < 4.78 is 15.5. The van der Waals surface area contributed by atoms with Crippen molar-refractivity contribution >= 4 is 40.8 Å². The second kappa shape index (κ2) is 8.11. The highest BCUT2D eigenvalue weighted by atomic mass is 35.5. The number of halogens is 3. The molecule has 0 aliphatic carbocycles. The van der Waals surface area contributed by atoms with Gasteiger partial charge in [0.1, 0.15) is 5.75 Å². The molecule has 0 saturated carbocycles. The molecule has 0 N–H and O–H groups in total. The normalized spacial score (nSPS) is 9.96. The van der Waals surface area contributed by atoms with E-state index in [-0.39, 0.29) is 32.3 Å². The van der Waals surface area contributed by atoms with Crippen molar-refractivity contribution in [2.75, 3.05) is 13.7 Å². The fourth-order valence-corrected chi connectivity index (χ4v) is 2.32. The summed E-state index contributed by atoms with van der Waals surface area (Å²) in [4.78, 5) is 11.9. The van der Waals surface area contributed by atoms with Crippen LogP contribution in [0.4, 0.5) is 0 Å². The maximum absolute atomic E-state index is 11.9. The van der Waals surface area contributed by atoms with E-state index in [4.69, 9.17) is 54.3 Å². The molecule has 0 atom stereocenters. The quantitative estimate of drug-likeness (QED) is 0.429. The van der Waals surface area contributed by atoms with Gasteiger partial charge in [-0.1, -0.05) is 34.8 Å². The van der Waals surface area contributed by atoms with E-state index in [1.54, 1.807) is 0 Å². The second-order valence-corrected chi connectivity index (χ2v) is 5.66. The smallest absolute Gasteiger partial charge is 0.349 e. The largest absolute Gasteiger partial charge is 0.493 e. The summed E-state index contributed by atoms with van der Waals surface area (Å²) in [6, 6.07) is 9.20. The van der Waals surface area contributed by atoms with Crippen molar-refractivity contribution in [3.8, 4) is 23.3 Å². The summed E-state index contributed by atoms with van der Waals surface area (Å²) in [6.45, 7) is -0.402. The zero-order valence-electron chi connectivity index (χ0n) is 12.3. The Kier molecular flexibility index (Phi) is 6.16. The first kappa shape index (κ1) is 18.2. The molecule has 2 rings (SSSR count). The molecule has 0 aliphatic heterocycles. The first-order valence-corrected chi connectivity index (χ1v) is 7.64. The number of benzene rings is 2. The number of hydrogen-bond acceptors (Lipinski definition) is 5. The van der Waals surface area contributed by atoms with Crippen molar-refractivity contribution in [1.82, 2.24) is 0 Å². The van der Waals surface area contributed by atoms with Crippen molar-refractivity contribution in [1.29, 1.82) is 5.26 Å². The number of nitriles is 1. The Bertz CT molecular complexity index is 818. The Morgan fingerprint density at radius 2 is 1.75 bits per heavy atom. The molecule has 2 aromatic carbocycles. The molecule has 0 saturated heterocycles. The summed E-state index contributed by atoms with van der Waals surface area (Å²) >= 11 is 17.6. The molecule has 0 bridgehead atoms. The second-order valence-electron chi connectivity index (χ2n) is 4.44. The average Bonchev–Trinajstić information content (AvgIpc) is 2.57. The third kappa shape index (κ3) is 4.45. The molecule has 124 valence electrons. The standard InChI is InChI=1S/C16H10Cl3NO4/c1-22-15-4-9(7-20)2-3-13(15)24-16(21)8-23-14-6-11(18)10(17)5-12(14)19/h2-6H,8H2,1H3. The molecule has 8 heteroatoms. The van der Waals surface area contributed by atoms with Crippen molar-refractivity contribution in [2.45, 2.75) is 0 Å². The van der Waals surface area contributed by atoms with Gasteiger partial charge in [0.05, 0.1) is 33.8 Å². The minimum atomic E-state index is -0.680. The fourth-order valence-electron chi connectivity index (χ4n) is 1.73. The minimum Gasteiger partial charge on any atom is -0.493 e. The minimum absolute atomic E-state index is 0.172. The van der Waals surface area contributed by atoms with Gasteiger partial charge in [0.25, 0.3) is 0 Å². The van der Waals surface area contributed by atoms with Crippen LogP contribution >= 0.6 is 34.8 Å². The summed E-state index contributed by atoms with van der Waals surface area (Å²) in [5.74, 6) is -0.0461. The summed E-state index contributed by atoms with van der Waals surface area (Å²) in [5.41, 5.74) is 0.380. The molecule has 5 nitrogen and oxygen atoms in total. The Labute approximate surface area is 153 Å². The Morgan fingerprint density at radius 1 is 1.04 bits per heavy atom. The molecule has 0 radical (unpaired) electrons. The van der Waals surface area contributed by atoms with E-state index in [0.29, 0.717) is 5.56 Å². The maximum Gasteiger partial charge on any atom is 0.349 e. The number of carbonyl (C=O) groups excluding carboxylic acids is 1. The zero-order chi connectivity index (χ0) is 17.7. The lowest BCUT2D eigenvalue weighted by Crippen LogP contribution is -2.18. The Morgan fingerprint density at radius 3 is 2.42 bits per heavy atom. The van der Waals surface area contributed by atoms with E-state index in [0.717, 1.165) is 0 Å². The summed E-state index contributed by atoms with van der Waals surface area (Å²) in [6.07, 6.45) is 0. The number of esters is 1. The molecule has 0 unspecified atom stereocenters. The van der Waals surface area contributed by atoms with Crippen LogP contribution in [0.2, 0.25) is 15.1 Å². The van der Waals surface area contributed by atoms with Crippen LogP contribution in [-0.2, 0) is 4.79 Å². The molecule has 0 spiro atoms. The first-order chi connectivity index (χ1) is 11.4. The van der Waals surface area contributed by atoms with Crippen LogP contribution in [0.15, 0.2) is 30.3 Å². The first-order valence-electron chi connectivity index (χ1n) is 6.50. The highest BCUT2D eigenvalue weighted by molar-refractivity contribution is 6.43. The van der Waals surface area contributed by atoms with E-state index in [2.05, 4.69) is 0 Å². The SMILES string of the molecule is COc1cc(C#N)ccc1OC(=O)COc1cc(Cl)c(Cl)cc1Cl. The molecule has 0 aromatic heterocycles. The van der Waals surface area contributed by atoms with Crippen LogP contribution in [0.3, 0.4) is 0 Å². The van der Waals surface area contributed by atoms with Gasteiger partial charge in [-0.2, -0.15) is 5.26 Å². The molecular formula is C16H10Cl3NO4. The van der Waals surface area contributed by atoms with Crippen LogP contribution in [-0.4, -0.2) is 19.7 Å². The van der Waals surface area contributed by atoms with Crippen molar-refractivity contribution in [3.05, 3.63) is 51.0 Å². The average molecular weight is 387 g/mol. The van der Waals surface area contributed by atoms with Gasteiger partial charge in [0.15, 0.2) is 18.1 Å². The predicted octanol–water partition coefficient (Wildman–Crippen LogP) is 4.51. The zero-order valence-corrected chi connectivity index (χ0v) is 14.6. The van der Waals surface area contributed by atoms with Crippen LogP contribution in [0.1, 0.15) is 5.56 Å². The number of methoxy groups -OCH3 is 1. The molecule has 0 heterocycles. The van der Waals surface area contributed by atoms with Crippen molar-refractivity contribution < 1.29 is 19.0 Å². The van der Waals surface area contributed by atoms with Gasteiger partial charge in [-0.3, -0.25) is 0 Å². The fraction of sp³-hybridized carbons (Fsp3) is 0.125. The highest BCUT2D eigenvalue weighted by Crippen LogP contribution is 2.34. The van der Waals surface area contributed by atoms with Crippen LogP contribution < -0.4 is 14.2 Å². The molecule has 24 heavy (non-hydrogen) atoms. The molecule has 0 fully saturated rings. The maximum atomic E-state index is 11.9. The van der Waals surface area contributed by atoms with Crippen molar-refractivity contribution in [3.63, 3.8) is 0 Å². The topological polar surface area (TPSA) is 68.5 Å². The monoisotopic (exact) mass is 385 g/mol. The van der Waals surface area contributed by atoms with Gasteiger partial charge in [-0.05, 0) is 18.2 Å². The number of ether oxygens (including phenoxy) is 3. The van der Waals surface area contributed by atoms with E-state index in [1.807, 2.05) is 6.07 Å². The molecule has 0 amide bonds. The van der Waals surface area contributed by atoms with Crippen molar-refractivity contribution in [2.24, 2.45) is 0 Å². The van der Waals surface area contributed by atoms with E-state index in [9.17, 15) is 4.79 Å². The molecular weight excluding hydrogens is 377 g/mol. The van der Waals surface area contributed by atoms with Gasteiger partial charge in [-0.25, -0.2) is 4.79 Å². The van der Waals surface area contributed by atoms with Crippen LogP contribution in [0, 0.1) is 11.3 Å². The number of carbonyl (C=O) groups is 1. The third-order valence-corrected chi connectivity index (χ3v) is 3.85. The van der Waals surface area contributed by atoms with Gasteiger partial charge in [0, 0.05) is 12.1 Å². The Hall–Kier alpha value is -2.13. The Balaban J connectivity index is 2.04. The molecule has 2 aromatic rings. The number of nitrogens with zero attached hydrogens (tertiary/aromatic N) is 1. The number of rotatable bonds is 5. The molecule has 0 aliphatic rings. The van der Waals surface area contributed by atoms with E-state index in [1.165, 1.54) is 37.4 Å². The van der Waals surface area contributed by atoms with E-state index >= 15 is 0 Å². The lowest BCUT2D eigenvalue weighted by molar-refractivity contribution is -0.136. The summed E-state index contributed by atoms with van der Waals surface area (Å²) in [5, 5.41) is 9.58. The van der Waals surface area contributed by atoms with E-state index < -0.39 is 12.6 Å². The van der Waals surface area contributed by atoms with Crippen LogP contribution in [0.25, 0.3) is 0 Å². The third-order valence-electron chi connectivity index (χ3n) is 2.84. The number of hydrogen-bond donors (Lipinski definition) is 0. The van der Waals surface area contributed by atoms with Crippen LogP contribution in [0.5, 0.6) is 17.2 Å². The van der Waals surface area contributed by atoms with Gasteiger partial charge < -0.3 is 14.2 Å². The van der Waals surface area contributed by atoms with Gasteiger partial charge >= 0.3 is 5.97 Å². The van der Waals surface area contributed by atoms with Gasteiger partial charge in [-0.15, -0.1) is 0 Å². The van der Waals surface area contributed by atoms with Gasteiger partial charge in [0.2, 0.25) is 0 Å².